The Labute approximate surface area is 102 Å². The van der Waals surface area contributed by atoms with E-state index in [4.69, 9.17) is 5.73 Å². The molecule has 0 atom stereocenters. The van der Waals surface area contributed by atoms with Gasteiger partial charge in [0.15, 0.2) is 5.78 Å². The van der Waals surface area contributed by atoms with Crippen molar-refractivity contribution in [2.45, 2.75) is 39.0 Å². The van der Waals surface area contributed by atoms with Crippen molar-refractivity contribution in [2.75, 3.05) is 6.54 Å². The molecule has 0 radical (unpaired) electrons. The van der Waals surface area contributed by atoms with Gasteiger partial charge in [-0.1, -0.05) is 0 Å². The van der Waals surface area contributed by atoms with Crippen molar-refractivity contribution in [2.24, 2.45) is 5.73 Å². The van der Waals surface area contributed by atoms with E-state index in [2.05, 4.69) is 0 Å². The zero-order valence-electron chi connectivity index (χ0n) is 10.3. The maximum atomic E-state index is 12.0. The molecule has 0 fully saturated rings. The number of fused-ring (bicyclic) bond motifs is 1. The number of Topliss-reactive ketones (excluding diaryl/α,β-unsaturated/α-hetero) is 1. The lowest BCUT2D eigenvalue weighted by atomic mass is 9.83. The number of aromatic hydroxyl groups is 1. The highest BCUT2D eigenvalue weighted by Crippen LogP contribution is 2.33. The van der Waals surface area contributed by atoms with Crippen LogP contribution in [0.15, 0.2) is 6.07 Å². The highest BCUT2D eigenvalue weighted by atomic mass is 16.3. The molecule has 0 amide bonds. The molecule has 0 aliphatic heterocycles. The largest absolute Gasteiger partial charge is 0.507 e. The molecule has 3 heteroatoms. The SMILES string of the molecule is Cc1cc(O)c(C(=O)CCN)c2c1CCCC2. The third-order valence-corrected chi connectivity index (χ3v) is 3.51. The molecule has 0 bridgehead atoms. The third-order valence-electron chi connectivity index (χ3n) is 3.51. The summed E-state index contributed by atoms with van der Waals surface area (Å²) in [5.41, 5.74) is 9.36. The average Bonchev–Trinajstić information content (AvgIpc) is 2.29. The fourth-order valence-corrected chi connectivity index (χ4v) is 2.70. The van der Waals surface area contributed by atoms with E-state index in [1.165, 1.54) is 12.0 Å². The van der Waals surface area contributed by atoms with Gasteiger partial charge in [0.1, 0.15) is 5.75 Å². The quantitative estimate of drug-likeness (QED) is 0.786. The van der Waals surface area contributed by atoms with Crippen molar-refractivity contribution < 1.29 is 9.90 Å². The Morgan fingerprint density at radius 1 is 1.35 bits per heavy atom. The Kier molecular flexibility index (Phi) is 3.48. The summed E-state index contributed by atoms with van der Waals surface area (Å²) < 4.78 is 0. The summed E-state index contributed by atoms with van der Waals surface area (Å²) in [5, 5.41) is 9.98. The molecule has 3 N–H and O–H groups in total. The van der Waals surface area contributed by atoms with Crippen LogP contribution in [0.5, 0.6) is 5.75 Å². The topological polar surface area (TPSA) is 63.3 Å². The van der Waals surface area contributed by atoms with Crippen molar-refractivity contribution >= 4 is 5.78 Å². The first-order chi connectivity index (χ1) is 8.15. The molecule has 0 spiro atoms. The fourth-order valence-electron chi connectivity index (χ4n) is 2.70. The van der Waals surface area contributed by atoms with E-state index >= 15 is 0 Å². The molecule has 0 saturated heterocycles. The smallest absolute Gasteiger partial charge is 0.168 e. The van der Waals surface area contributed by atoms with Crippen LogP contribution in [0.1, 0.15) is 46.3 Å². The number of nitrogens with two attached hydrogens (primary N) is 1. The predicted molar refractivity (Wildman–Crippen MR) is 67.5 cm³/mol. The zero-order chi connectivity index (χ0) is 12.4. The van der Waals surface area contributed by atoms with E-state index in [-0.39, 0.29) is 11.5 Å². The van der Waals surface area contributed by atoms with Gasteiger partial charge in [0.2, 0.25) is 0 Å². The minimum atomic E-state index is -0.0249. The Hall–Kier alpha value is -1.35. The molecule has 2 rings (SSSR count). The summed E-state index contributed by atoms with van der Waals surface area (Å²) in [6.45, 7) is 2.34. The van der Waals surface area contributed by atoms with Gasteiger partial charge in [0, 0.05) is 6.42 Å². The zero-order valence-corrected chi connectivity index (χ0v) is 10.3. The second-order valence-corrected chi connectivity index (χ2v) is 4.71. The summed E-state index contributed by atoms with van der Waals surface area (Å²) in [5.74, 6) is 0.102. The maximum Gasteiger partial charge on any atom is 0.168 e. The first kappa shape index (κ1) is 12.1. The van der Waals surface area contributed by atoms with Crippen LogP contribution in [0.4, 0.5) is 0 Å². The Bertz CT molecular complexity index is 452. The highest BCUT2D eigenvalue weighted by molar-refractivity contribution is 6.00. The van der Waals surface area contributed by atoms with Gasteiger partial charge in [0.25, 0.3) is 0 Å². The number of hydrogen-bond acceptors (Lipinski definition) is 3. The summed E-state index contributed by atoms with van der Waals surface area (Å²) in [6.07, 6.45) is 4.49. The number of ketones is 1. The maximum absolute atomic E-state index is 12.0. The van der Waals surface area contributed by atoms with Gasteiger partial charge < -0.3 is 10.8 Å². The van der Waals surface area contributed by atoms with Crippen molar-refractivity contribution in [3.63, 3.8) is 0 Å². The molecule has 1 aliphatic rings. The molecular weight excluding hydrogens is 214 g/mol. The molecule has 17 heavy (non-hydrogen) atoms. The van der Waals surface area contributed by atoms with E-state index in [0.717, 1.165) is 30.4 Å². The van der Waals surface area contributed by atoms with Gasteiger partial charge in [-0.15, -0.1) is 0 Å². The van der Waals surface area contributed by atoms with Gasteiger partial charge in [-0.25, -0.2) is 0 Å². The normalized spacial score (nSPS) is 14.5. The van der Waals surface area contributed by atoms with E-state index in [9.17, 15) is 9.90 Å². The molecular formula is C14H19NO2. The van der Waals surface area contributed by atoms with Crippen LogP contribution in [0, 0.1) is 6.92 Å². The molecule has 1 aromatic rings. The van der Waals surface area contributed by atoms with Crippen LogP contribution in [0.3, 0.4) is 0 Å². The van der Waals surface area contributed by atoms with Crippen molar-refractivity contribution in [1.29, 1.82) is 0 Å². The summed E-state index contributed by atoms with van der Waals surface area (Å²) in [7, 11) is 0. The number of carbonyl (C=O) groups is 1. The van der Waals surface area contributed by atoms with E-state index < -0.39 is 0 Å². The van der Waals surface area contributed by atoms with E-state index in [1.54, 1.807) is 6.07 Å². The highest BCUT2D eigenvalue weighted by Gasteiger charge is 2.22. The monoisotopic (exact) mass is 233 g/mol. The Morgan fingerprint density at radius 2 is 2.00 bits per heavy atom. The lowest BCUT2D eigenvalue weighted by molar-refractivity contribution is 0.0981. The molecule has 0 heterocycles. The van der Waals surface area contributed by atoms with Gasteiger partial charge in [-0.05, 0) is 61.9 Å². The number of rotatable bonds is 3. The Morgan fingerprint density at radius 3 is 2.65 bits per heavy atom. The molecule has 3 nitrogen and oxygen atoms in total. The lowest BCUT2D eigenvalue weighted by Crippen LogP contribution is -2.15. The Balaban J connectivity index is 2.54. The molecule has 0 saturated carbocycles. The van der Waals surface area contributed by atoms with Gasteiger partial charge in [-0.2, -0.15) is 0 Å². The van der Waals surface area contributed by atoms with Crippen LogP contribution < -0.4 is 5.73 Å². The average molecular weight is 233 g/mol. The lowest BCUT2D eigenvalue weighted by Gasteiger charge is -2.22. The van der Waals surface area contributed by atoms with E-state index in [1.807, 2.05) is 6.92 Å². The number of phenolic OH excluding ortho intramolecular Hbond substituents is 1. The van der Waals surface area contributed by atoms with Crippen molar-refractivity contribution in [3.05, 3.63) is 28.3 Å². The number of benzene rings is 1. The third kappa shape index (κ3) is 2.20. The summed E-state index contributed by atoms with van der Waals surface area (Å²) >= 11 is 0. The predicted octanol–water partition coefficient (Wildman–Crippen LogP) is 2.11. The first-order valence-corrected chi connectivity index (χ1v) is 6.22. The number of carbonyl (C=O) groups excluding carboxylic acids is 1. The number of aryl methyl sites for hydroxylation is 1. The van der Waals surface area contributed by atoms with Crippen LogP contribution in [0.2, 0.25) is 0 Å². The van der Waals surface area contributed by atoms with Crippen LogP contribution >= 0.6 is 0 Å². The molecule has 1 aliphatic carbocycles. The molecule has 0 unspecified atom stereocenters. The molecule has 92 valence electrons. The van der Waals surface area contributed by atoms with Crippen molar-refractivity contribution in [1.82, 2.24) is 0 Å². The number of phenols is 1. The summed E-state index contributed by atoms with van der Waals surface area (Å²) in [4.78, 5) is 12.0. The van der Waals surface area contributed by atoms with Crippen molar-refractivity contribution in [3.8, 4) is 5.75 Å². The second-order valence-electron chi connectivity index (χ2n) is 4.71. The van der Waals surface area contributed by atoms with Crippen LogP contribution in [-0.4, -0.2) is 17.4 Å². The van der Waals surface area contributed by atoms with Crippen LogP contribution in [-0.2, 0) is 12.8 Å². The fraction of sp³-hybridized carbons (Fsp3) is 0.500. The second kappa shape index (κ2) is 4.88. The van der Waals surface area contributed by atoms with Gasteiger partial charge >= 0.3 is 0 Å². The van der Waals surface area contributed by atoms with E-state index in [0.29, 0.717) is 18.5 Å². The van der Waals surface area contributed by atoms with Gasteiger partial charge in [0.05, 0.1) is 5.56 Å². The molecule has 1 aromatic carbocycles. The first-order valence-electron chi connectivity index (χ1n) is 6.22. The van der Waals surface area contributed by atoms with Crippen LogP contribution in [0.25, 0.3) is 0 Å². The summed E-state index contributed by atoms with van der Waals surface area (Å²) in [6, 6.07) is 1.72. The number of hydrogen-bond donors (Lipinski definition) is 2. The standard InChI is InChI=1S/C14H19NO2/c1-9-8-13(17)14(12(16)6-7-15)11-5-3-2-4-10(9)11/h8,17H,2-7,15H2,1H3. The molecule has 0 aromatic heterocycles. The van der Waals surface area contributed by atoms with Gasteiger partial charge in [-0.3, -0.25) is 4.79 Å². The minimum Gasteiger partial charge on any atom is -0.507 e. The minimum absolute atomic E-state index is 0.0249.